The van der Waals surface area contributed by atoms with Crippen LogP contribution in [0.25, 0.3) is 5.76 Å². The summed E-state index contributed by atoms with van der Waals surface area (Å²) in [6.07, 6.45) is 0. The smallest absolute Gasteiger partial charge is 0.337 e. The number of amides is 1. The number of benzene rings is 3. The monoisotopic (exact) mass is 504 g/mol. The number of esters is 1. The van der Waals surface area contributed by atoms with E-state index in [9.17, 15) is 23.9 Å². The molecule has 9 heteroatoms. The maximum absolute atomic E-state index is 14.1. The lowest BCUT2D eigenvalue weighted by atomic mass is 9.94. The zero-order valence-corrected chi connectivity index (χ0v) is 20.7. The van der Waals surface area contributed by atoms with Gasteiger partial charge in [-0.25, -0.2) is 9.18 Å². The molecule has 190 valence electrons. The van der Waals surface area contributed by atoms with Gasteiger partial charge in [-0.2, -0.15) is 0 Å². The van der Waals surface area contributed by atoms with Gasteiger partial charge in [0.25, 0.3) is 11.7 Å². The molecule has 1 atom stereocenters. The van der Waals surface area contributed by atoms with Crippen LogP contribution < -0.4 is 14.5 Å². The van der Waals surface area contributed by atoms with Crippen LogP contribution in [0.4, 0.5) is 15.8 Å². The molecule has 1 aliphatic heterocycles. The highest BCUT2D eigenvalue weighted by atomic mass is 19.1. The molecule has 0 bridgehead atoms. The number of aliphatic hydroxyl groups excluding tert-OH is 1. The van der Waals surface area contributed by atoms with E-state index in [1.807, 2.05) is 31.1 Å². The van der Waals surface area contributed by atoms with Gasteiger partial charge in [-0.15, -0.1) is 0 Å². The SMILES string of the molecule is COC(=O)c1ccc(N2C(=O)C(=O)/C(=C(/O)c3cc(F)ccc3OC)C2c2ccc(N(C)C)cc2)cc1. The Morgan fingerprint density at radius 3 is 2.19 bits per heavy atom. The second kappa shape index (κ2) is 10.1. The van der Waals surface area contributed by atoms with Crippen molar-refractivity contribution in [1.82, 2.24) is 0 Å². The van der Waals surface area contributed by atoms with Crippen LogP contribution in [0.2, 0.25) is 0 Å². The summed E-state index contributed by atoms with van der Waals surface area (Å²) in [6, 6.07) is 15.6. The molecule has 1 aliphatic rings. The largest absolute Gasteiger partial charge is 0.507 e. The zero-order chi connectivity index (χ0) is 26.9. The number of halogens is 1. The minimum atomic E-state index is -1.03. The van der Waals surface area contributed by atoms with Gasteiger partial charge in [-0.3, -0.25) is 14.5 Å². The number of carbonyl (C=O) groups is 3. The first-order chi connectivity index (χ1) is 17.7. The average molecular weight is 505 g/mol. The fourth-order valence-corrected chi connectivity index (χ4v) is 4.26. The first-order valence-electron chi connectivity index (χ1n) is 11.3. The Morgan fingerprint density at radius 1 is 0.973 bits per heavy atom. The van der Waals surface area contributed by atoms with Crippen molar-refractivity contribution in [2.75, 3.05) is 38.1 Å². The molecule has 0 spiro atoms. The Bertz CT molecular complexity index is 1400. The van der Waals surface area contributed by atoms with Crippen molar-refractivity contribution in [2.45, 2.75) is 6.04 Å². The number of ketones is 1. The third kappa shape index (κ3) is 4.63. The number of hydrogen-bond donors (Lipinski definition) is 1. The molecule has 1 saturated heterocycles. The van der Waals surface area contributed by atoms with Crippen molar-refractivity contribution in [1.29, 1.82) is 0 Å². The molecular formula is C28H25FN2O6. The number of carbonyl (C=O) groups excluding carboxylic acids is 3. The van der Waals surface area contributed by atoms with Crippen LogP contribution in [0.15, 0.2) is 72.3 Å². The molecule has 1 N–H and O–H groups in total. The third-order valence-electron chi connectivity index (χ3n) is 6.15. The van der Waals surface area contributed by atoms with Crippen LogP contribution in [0.1, 0.15) is 27.5 Å². The number of methoxy groups -OCH3 is 2. The van der Waals surface area contributed by atoms with Crippen LogP contribution in [-0.2, 0) is 14.3 Å². The summed E-state index contributed by atoms with van der Waals surface area (Å²) in [5.41, 5.74) is 1.73. The van der Waals surface area contributed by atoms with E-state index >= 15 is 0 Å². The van der Waals surface area contributed by atoms with E-state index in [0.717, 1.165) is 17.8 Å². The van der Waals surface area contributed by atoms with E-state index in [4.69, 9.17) is 9.47 Å². The predicted octanol–water partition coefficient (Wildman–Crippen LogP) is 4.31. The van der Waals surface area contributed by atoms with Crippen LogP contribution in [0, 0.1) is 5.82 Å². The lowest BCUT2D eigenvalue weighted by Gasteiger charge is -2.26. The Hall–Kier alpha value is -4.66. The summed E-state index contributed by atoms with van der Waals surface area (Å²) in [5.74, 6) is -3.46. The molecule has 3 aromatic rings. The minimum absolute atomic E-state index is 0.0588. The molecule has 0 saturated carbocycles. The maximum Gasteiger partial charge on any atom is 0.337 e. The van der Waals surface area contributed by atoms with Gasteiger partial charge in [0.2, 0.25) is 0 Å². The van der Waals surface area contributed by atoms with Gasteiger partial charge in [0.15, 0.2) is 0 Å². The number of aliphatic hydroxyl groups is 1. The number of Topliss-reactive ketones (excluding diaryl/α,β-unsaturated/α-hetero) is 1. The van der Waals surface area contributed by atoms with Crippen molar-refractivity contribution in [3.8, 4) is 5.75 Å². The average Bonchev–Trinajstić information content (AvgIpc) is 3.17. The quantitative estimate of drug-likeness (QED) is 0.231. The molecule has 0 radical (unpaired) electrons. The summed E-state index contributed by atoms with van der Waals surface area (Å²) in [7, 11) is 6.36. The van der Waals surface area contributed by atoms with Crippen molar-refractivity contribution >= 4 is 34.8 Å². The van der Waals surface area contributed by atoms with E-state index in [1.54, 1.807) is 12.1 Å². The van der Waals surface area contributed by atoms with E-state index < -0.39 is 35.3 Å². The maximum atomic E-state index is 14.1. The molecule has 4 rings (SSSR count). The Kier molecular flexibility index (Phi) is 6.97. The highest BCUT2D eigenvalue weighted by Gasteiger charge is 2.47. The first kappa shape index (κ1) is 25.4. The van der Waals surface area contributed by atoms with E-state index in [0.29, 0.717) is 11.3 Å². The van der Waals surface area contributed by atoms with E-state index in [1.165, 1.54) is 49.5 Å². The van der Waals surface area contributed by atoms with Crippen molar-refractivity contribution in [2.24, 2.45) is 0 Å². The second-order valence-electron chi connectivity index (χ2n) is 8.54. The van der Waals surface area contributed by atoms with Gasteiger partial charge in [-0.1, -0.05) is 12.1 Å². The van der Waals surface area contributed by atoms with Crippen LogP contribution in [-0.4, -0.2) is 51.1 Å². The Morgan fingerprint density at radius 2 is 1.62 bits per heavy atom. The number of hydrogen-bond acceptors (Lipinski definition) is 7. The number of anilines is 2. The number of nitrogens with zero attached hydrogens (tertiary/aromatic N) is 2. The minimum Gasteiger partial charge on any atom is -0.507 e. The Labute approximate surface area is 213 Å². The normalized spacial score (nSPS) is 16.6. The second-order valence-corrected chi connectivity index (χ2v) is 8.54. The summed E-state index contributed by atoms with van der Waals surface area (Å²) in [6.45, 7) is 0. The van der Waals surface area contributed by atoms with E-state index in [2.05, 4.69) is 0 Å². The molecular weight excluding hydrogens is 479 g/mol. The van der Waals surface area contributed by atoms with Crippen molar-refractivity contribution in [3.63, 3.8) is 0 Å². The molecule has 1 unspecified atom stereocenters. The first-order valence-corrected chi connectivity index (χ1v) is 11.3. The molecule has 3 aromatic carbocycles. The molecule has 8 nitrogen and oxygen atoms in total. The van der Waals surface area contributed by atoms with Gasteiger partial charge in [-0.05, 0) is 60.2 Å². The number of rotatable bonds is 6. The van der Waals surface area contributed by atoms with Gasteiger partial charge in [0.1, 0.15) is 17.3 Å². The lowest BCUT2D eigenvalue weighted by molar-refractivity contribution is -0.132. The highest BCUT2D eigenvalue weighted by Crippen LogP contribution is 2.43. The molecule has 0 aromatic heterocycles. The van der Waals surface area contributed by atoms with Gasteiger partial charge >= 0.3 is 5.97 Å². The van der Waals surface area contributed by atoms with Gasteiger partial charge in [0, 0.05) is 25.5 Å². The van der Waals surface area contributed by atoms with Crippen LogP contribution in [0.3, 0.4) is 0 Å². The molecule has 1 heterocycles. The topological polar surface area (TPSA) is 96.4 Å². The molecule has 0 aliphatic carbocycles. The van der Waals surface area contributed by atoms with Crippen molar-refractivity contribution in [3.05, 3.63) is 94.8 Å². The van der Waals surface area contributed by atoms with Gasteiger partial charge in [0.05, 0.1) is 37.0 Å². The fourth-order valence-electron chi connectivity index (χ4n) is 4.26. The van der Waals surface area contributed by atoms with Gasteiger partial charge < -0.3 is 19.5 Å². The van der Waals surface area contributed by atoms with Crippen LogP contribution >= 0.6 is 0 Å². The highest BCUT2D eigenvalue weighted by molar-refractivity contribution is 6.51. The zero-order valence-electron chi connectivity index (χ0n) is 20.7. The van der Waals surface area contributed by atoms with E-state index in [-0.39, 0.29) is 22.4 Å². The standard InChI is InChI=1S/C28H25FN2O6/c1-30(2)19-10-5-16(6-11-19)24-23(25(32)21-15-18(29)9-14-22(21)36-3)26(33)27(34)31(24)20-12-7-17(8-13-20)28(35)37-4/h5-15,24,32H,1-4H3/b25-23+. The summed E-state index contributed by atoms with van der Waals surface area (Å²) in [4.78, 5) is 41.7. The Balaban J connectivity index is 1.93. The molecule has 1 fully saturated rings. The van der Waals surface area contributed by atoms with Crippen molar-refractivity contribution < 1.29 is 33.4 Å². The summed E-state index contributed by atoms with van der Waals surface area (Å²) >= 11 is 0. The predicted molar refractivity (Wildman–Crippen MR) is 136 cm³/mol. The lowest BCUT2D eigenvalue weighted by Crippen LogP contribution is -2.29. The third-order valence-corrected chi connectivity index (χ3v) is 6.15. The number of ether oxygens (including phenoxy) is 2. The summed E-state index contributed by atoms with van der Waals surface area (Å²) in [5, 5.41) is 11.3. The fraction of sp³-hybridized carbons (Fsp3) is 0.179. The summed E-state index contributed by atoms with van der Waals surface area (Å²) < 4.78 is 24.1. The molecule has 1 amide bonds. The van der Waals surface area contributed by atoms with Crippen LogP contribution in [0.5, 0.6) is 5.75 Å². The molecule has 37 heavy (non-hydrogen) atoms.